The maximum absolute atomic E-state index is 10.7. The van der Waals surface area contributed by atoms with E-state index in [1.165, 1.54) is 24.8 Å². The van der Waals surface area contributed by atoms with E-state index in [1.807, 2.05) is 12.1 Å². The monoisotopic (exact) mass is 262 g/mol. The molecule has 2 nitrogen and oxygen atoms in total. The molecule has 1 aliphatic carbocycles. The predicted molar refractivity (Wildman–Crippen MR) is 78.4 cm³/mol. The molecule has 1 aromatic rings. The lowest BCUT2D eigenvalue weighted by Crippen LogP contribution is -2.21. The molecule has 0 radical (unpaired) electrons. The minimum atomic E-state index is -0.385. The summed E-state index contributed by atoms with van der Waals surface area (Å²) in [5, 5.41) is 10.7. The third-order valence-electron chi connectivity index (χ3n) is 4.55. The Labute approximate surface area is 116 Å². The van der Waals surface area contributed by atoms with Crippen molar-refractivity contribution in [3.8, 4) is 5.75 Å². The van der Waals surface area contributed by atoms with Crippen LogP contribution in [0.3, 0.4) is 0 Å². The van der Waals surface area contributed by atoms with Gasteiger partial charge in [0.2, 0.25) is 0 Å². The van der Waals surface area contributed by atoms with Gasteiger partial charge in [-0.1, -0.05) is 37.8 Å². The van der Waals surface area contributed by atoms with E-state index in [1.54, 1.807) is 7.11 Å². The number of hydrogen-bond donors (Lipinski definition) is 1. The first-order valence-electron chi connectivity index (χ1n) is 7.48. The third kappa shape index (κ3) is 3.30. The first-order chi connectivity index (χ1) is 9.15. The van der Waals surface area contributed by atoms with Crippen molar-refractivity contribution in [3.05, 3.63) is 29.3 Å². The molecule has 1 aliphatic rings. The molecule has 1 saturated carbocycles. The van der Waals surface area contributed by atoms with Crippen LogP contribution in [0, 0.1) is 18.8 Å². The maximum Gasteiger partial charge on any atom is 0.124 e. The van der Waals surface area contributed by atoms with E-state index in [-0.39, 0.29) is 6.10 Å². The topological polar surface area (TPSA) is 29.5 Å². The molecular weight excluding hydrogens is 236 g/mol. The molecule has 0 heterocycles. The molecule has 1 N–H and O–H groups in total. The molecule has 0 aromatic heterocycles. The first kappa shape index (κ1) is 14.4. The van der Waals surface area contributed by atoms with E-state index in [0.717, 1.165) is 30.1 Å². The van der Waals surface area contributed by atoms with Crippen LogP contribution >= 0.6 is 0 Å². The van der Waals surface area contributed by atoms with Crippen LogP contribution in [-0.4, -0.2) is 12.2 Å². The standard InChI is InChI=1S/C17H26O2/c1-4-13-6-5-7-14(11-13)17(18)15-10-12(2)8-9-16(15)19-3/h8-10,13-14,17-18H,4-7,11H2,1-3H3. The number of ether oxygens (including phenoxy) is 1. The van der Waals surface area contributed by atoms with E-state index in [4.69, 9.17) is 4.74 Å². The molecule has 0 spiro atoms. The second-order valence-electron chi connectivity index (χ2n) is 5.89. The summed E-state index contributed by atoms with van der Waals surface area (Å²) in [5.74, 6) is 1.98. The lowest BCUT2D eigenvalue weighted by Gasteiger charge is -2.32. The van der Waals surface area contributed by atoms with E-state index >= 15 is 0 Å². The molecule has 19 heavy (non-hydrogen) atoms. The summed E-state index contributed by atoms with van der Waals surface area (Å²) < 4.78 is 5.41. The third-order valence-corrected chi connectivity index (χ3v) is 4.55. The predicted octanol–water partition coefficient (Wildman–Crippen LogP) is 4.25. The SMILES string of the molecule is CCC1CCCC(C(O)c2cc(C)ccc2OC)C1. The Morgan fingerprint density at radius 2 is 2.16 bits per heavy atom. The highest BCUT2D eigenvalue weighted by molar-refractivity contribution is 5.38. The minimum absolute atomic E-state index is 0.384. The Kier molecular flexibility index (Phi) is 4.87. The second kappa shape index (κ2) is 6.42. The highest BCUT2D eigenvalue weighted by atomic mass is 16.5. The van der Waals surface area contributed by atoms with Gasteiger partial charge in [-0.05, 0) is 43.7 Å². The Hall–Kier alpha value is -1.02. The Morgan fingerprint density at radius 3 is 2.84 bits per heavy atom. The normalized spacial score (nSPS) is 25.1. The van der Waals surface area contributed by atoms with Crippen molar-refractivity contribution in [1.82, 2.24) is 0 Å². The van der Waals surface area contributed by atoms with Crippen LogP contribution < -0.4 is 4.74 Å². The first-order valence-corrected chi connectivity index (χ1v) is 7.48. The fourth-order valence-corrected chi connectivity index (χ4v) is 3.33. The highest BCUT2D eigenvalue weighted by Crippen LogP contribution is 2.40. The molecular formula is C17H26O2. The Morgan fingerprint density at radius 1 is 1.37 bits per heavy atom. The van der Waals surface area contributed by atoms with Crippen LogP contribution in [0.25, 0.3) is 0 Å². The van der Waals surface area contributed by atoms with Crippen molar-refractivity contribution >= 4 is 0 Å². The molecule has 106 valence electrons. The minimum Gasteiger partial charge on any atom is -0.496 e. The van der Waals surface area contributed by atoms with Crippen molar-refractivity contribution in [3.63, 3.8) is 0 Å². The average molecular weight is 262 g/mol. The average Bonchev–Trinajstić information content (AvgIpc) is 2.46. The summed E-state index contributed by atoms with van der Waals surface area (Å²) >= 11 is 0. The van der Waals surface area contributed by atoms with Gasteiger partial charge in [-0.3, -0.25) is 0 Å². The molecule has 0 saturated heterocycles. The van der Waals surface area contributed by atoms with Gasteiger partial charge in [-0.15, -0.1) is 0 Å². The van der Waals surface area contributed by atoms with Crippen LogP contribution in [0.2, 0.25) is 0 Å². The second-order valence-corrected chi connectivity index (χ2v) is 5.89. The summed E-state index contributed by atoms with van der Waals surface area (Å²) in [7, 11) is 1.68. The van der Waals surface area contributed by atoms with E-state index < -0.39 is 0 Å². The fourth-order valence-electron chi connectivity index (χ4n) is 3.33. The van der Waals surface area contributed by atoms with Crippen LogP contribution in [0.15, 0.2) is 18.2 Å². The summed E-state index contributed by atoms with van der Waals surface area (Å²) in [6.07, 6.45) is 5.70. The summed E-state index contributed by atoms with van der Waals surface area (Å²) in [5.41, 5.74) is 2.14. The zero-order valence-electron chi connectivity index (χ0n) is 12.4. The molecule has 0 bridgehead atoms. The van der Waals surface area contributed by atoms with Gasteiger partial charge in [0, 0.05) is 5.56 Å². The van der Waals surface area contributed by atoms with Crippen LogP contribution in [0.1, 0.15) is 56.3 Å². The Bertz CT molecular complexity index is 414. The molecule has 2 heteroatoms. The highest BCUT2D eigenvalue weighted by Gasteiger charge is 2.29. The van der Waals surface area contributed by atoms with Crippen molar-refractivity contribution in [2.45, 2.75) is 52.1 Å². The molecule has 3 unspecified atom stereocenters. The lowest BCUT2D eigenvalue weighted by atomic mass is 9.76. The number of hydrogen-bond acceptors (Lipinski definition) is 2. The largest absolute Gasteiger partial charge is 0.496 e. The van der Waals surface area contributed by atoms with E-state index in [2.05, 4.69) is 19.9 Å². The number of aliphatic hydroxyl groups excluding tert-OH is 1. The van der Waals surface area contributed by atoms with Gasteiger partial charge in [0.1, 0.15) is 5.75 Å². The summed E-state index contributed by atoms with van der Waals surface area (Å²) in [6.45, 7) is 4.32. The summed E-state index contributed by atoms with van der Waals surface area (Å²) in [4.78, 5) is 0. The smallest absolute Gasteiger partial charge is 0.124 e. The quantitative estimate of drug-likeness (QED) is 0.878. The number of aryl methyl sites for hydroxylation is 1. The number of rotatable bonds is 4. The Balaban J connectivity index is 2.18. The van der Waals surface area contributed by atoms with Gasteiger partial charge in [0.15, 0.2) is 0 Å². The molecule has 1 fully saturated rings. The van der Waals surface area contributed by atoms with Crippen LogP contribution in [0.4, 0.5) is 0 Å². The molecule has 3 atom stereocenters. The van der Waals surface area contributed by atoms with Crippen molar-refractivity contribution in [2.24, 2.45) is 11.8 Å². The lowest BCUT2D eigenvalue weighted by molar-refractivity contribution is 0.0658. The maximum atomic E-state index is 10.7. The van der Waals surface area contributed by atoms with Crippen molar-refractivity contribution in [2.75, 3.05) is 7.11 Å². The fraction of sp³-hybridized carbons (Fsp3) is 0.647. The van der Waals surface area contributed by atoms with Gasteiger partial charge in [0.25, 0.3) is 0 Å². The molecule has 0 aliphatic heterocycles. The van der Waals surface area contributed by atoms with Gasteiger partial charge in [-0.2, -0.15) is 0 Å². The molecule has 1 aromatic carbocycles. The molecule has 0 amide bonds. The number of benzene rings is 1. The van der Waals surface area contributed by atoms with Gasteiger partial charge in [0.05, 0.1) is 13.2 Å². The van der Waals surface area contributed by atoms with Gasteiger partial charge in [-0.25, -0.2) is 0 Å². The van der Waals surface area contributed by atoms with E-state index in [9.17, 15) is 5.11 Å². The zero-order chi connectivity index (χ0) is 13.8. The van der Waals surface area contributed by atoms with E-state index in [0.29, 0.717) is 5.92 Å². The van der Waals surface area contributed by atoms with Crippen molar-refractivity contribution < 1.29 is 9.84 Å². The van der Waals surface area contributed by atoms with Gasteiger partial charge < -0.3 is 9.84 Å². The van der Waals surface area contributed by atoms with Crippen molar-refractivity contribution in [1.29, 1.82) is 0 Å². The number of methoxy groups -OCH3 is 1. The number of aliphatic hydroxyl groups is 1. The molecule has 2 rings (SSSR count). The van der Waals surface area contributed by atoms with Crippen LogP contribution in [-0.2, 0) is 0 Å². The van der Waals surface area contributed by atoms with Gasteiger partial charge >= 0.3 is 0 Å². The van der Waals surface area contributed by atoms with Crippen LogP contribution in [0.5, 0.6) is 5.75 Å². The summed E-state index contributed by atoms with van der Waals surface area (Å²) in [6, 6.07) is 6.07. The zero-order valence-corrected chi connectivity index (χ0v) is 12.4.